The maximum atomic E-state index is 14.7. The highest BCUT2D eigenvalue weighted by Crippen LogP contribution is 2.43. The largest absolute Gasteiger partial charge is 0.416 e. The number of pyridine rings is 1. The summed E-state index contributed by atoms with van der Waals surface area (Å²) in [7, 11) is 0. The molecule has 5 nitrogen and oxygen atoms in total. The van der Waals surface area contributed by atoms with Crippen LogP contribution in [-0.4, -0.2) is 34.3 Å². The van der Waals surface area contributed by atoms with Crippen molar-refractivity contribution >= 4 is 11.8 Å². The number of amides is 2. The van der Waals surface area contributed by atoms with Crippen LogP contribution in [0.15, 0.2) is 36.5 Å². The number of aromatic nitrogens is 1. The number of carbonyl (C=O) groups excluding carboxylic acids is 2. The molecular weight excluding hydrogens is 507 g/mol. The van der Waals surface area contributed by atoms with E-state index in [2.05, 4.69) is 10.3 Å². The minimum Gasteiger partial charge on any atom is -0.347 e. The van der Waals surface area contributed by atoms with Gasteiger partial charge in [-0.1, -0.05) is 19.4 Å². The monoisotopic (exact) mass is 531 g/mol. The quantitative estimate of drug-likeness (QED) is 0.482. The van der Waals surface area contributed by atoms with Crippen molar-refractivity contribution in [2.24, 2.45) is 11.8 Å². The molecular formula is C25H24F7N3O2. The maximum absolute atomic E-state index is 14.7. The van der Waals surface area contributed by atoms with Gasteiger partial charge in [-0.3, -0.25) is 14.6 Å². The number of nitrogens with zero attached hydrogens (tertiary/aromatic N) is 2. The fraction of sp³-hybridized carbons (Fsp3) is 0.480. The molecule has 4 rings (SSSR count). The van der Waals surface area contributed by atoms with Crippen molar-refractivity contribution in [3.63, 3.8) is 0 Å². The van der Waals surface area contributed by atoms with Crippen LogP contribution in [0.2, 0.25) is 0 Å². The molecule has 1 aliphatic carbocycles. The van der Waals surface area contributed by atoms with E-state index in [1.54, 1.807) is 0 Å². The van der Waals surface area contributed by atoms with E-state index in [9.17, 15) is 40.3 Å². The fourth-order valence-electron chi connectivity index (χ4n) is 4.65. The lowest BCUT2D eigenvalue weighted by atomic mass is 9.98. The van der Waals surface area contributed by atoms with E-state index >= 15 is 0 Å². The third kappa shape index (κ3) is 5.88. The highest BCUT2D eigenvalue weighted by Gasteiger charge is 2.43. The molecule has 0 spiro atoms. The molecule has 1 aromatic heterocycles. The highest BCUT2D eigenvalue weighted by atomic mass is 19.4. The van der Waals surface area contributed by atoms with Crippen LogP contribution < -0.4 is 5.32 Å². The van der Waals surface area contributed by atoms with Crippen LogP contribution >= 0.6 is 0 Å². The van der Waals surface area contributed by atoms with Crippen molar-refractivity contribution in [3.05, 3.63) is 64.7 Å². The summed E-state index contributed by atoms with van der Waals surface area (Å²) in [5.74, 6) is -2.88. The molecule has 1 aliphatic heterocycles. The first-order valence-corrected chi connectivity index (χ1v) is 11.8. The molecule has 2 fully saturated rings. The summed E-state index contributed by atoms with van der Waals surface area (Å²) in [6.07, 6.45) is -6.45. The summed E-state index contributed by atoms with van der Waals surface area (Å²) >= 11 is 0. The van der Waals surface area contributed by atoms with Crippen LogP contribution in [0.3, 0.4) is 0 Å². The van der Waals surface area contributed by atoms with Crippen molar-refractivity contribution in [1.82, 2.24) is 15.2 Å². The first kappa shape index (κ1) is 26.9. The van der Waals surface area contributed by atoms with E-state index in [-0.39, 0.29) is 30.4 Å². The molecule has 2 aliphatic rings. The summed E-state index contributed by atoms with van der Waals surface area (Å²) in [5.41, 5.74) is -2.76. The van der Waals surface area contributed by atoms with Gasteiger partial charge in [0.2, 0.25) is 5.91 Å². The zero-order valence-electron chi connectivity index (χ0n) is 19.7. The van der Waals surface area contributed by atoms with E-state index in [1.807, 2.05) is 6.92 Å². The van der Waals surface area contributed by atoms with Crippen LogP contribution in [-0.2, 0) is 17.1 Å². The number of benzene rings is 1. The van der Waals surface area contributed by atoms with E-state index in [1.165, 1.54) is 4.90 Å². The second-order valence-electron chi connectivity index (χ2n) is 9.47. The Morgan fingerprint density at radius 1 is 1.05 bits per heavy atom. The second-order valence-corrected chi connectivity index (χ2v) is 9.47. The molecule has 0 radical (unpaired) electrons. The average Bonchev–Trinajstić information content (AvgIpc) is 3.58. The molecule has 1 unspecified atom stereocenters. The van der Waals surface area contributed by atoms with Gasteiger partial charge in [0.1, 0.15) is 17.6 Å². The number of likely N-dealkylation sites (tertiary alicyclic amines) is 1. The summed E-state index contributed by atoms with van der Waals surface area (Å²) < 4.78 is 93.0. The van der Waals surface area contributed by atoms with Gasteiger partial charge in [0, 0.05) is 18.3 Å². The number of halogens is 7. The standard InChI is InChI=1S/C25H24F7N3O2/c1-2-13-9-20(35(12-13)23(37)19-11-16(7-8-33-19)25(30,31)32)22(36)34-21(14-3-4-14)17-6-5-15(10-18(17)26)24(27,28)29/h5-8,10-11,13-14,20-21H,2-4,9,12H2,1H3,(H,34,36)/t13-,20-,21?/m1/s1. The number of hydrogen-bond donors (Lipinski definition) is 1. The molecule has 2 amide bonds. The molecule has 2 aromatic rings. The Labute approximate surface area is 208 Å². The van der Waals surface area contributed by atoms with Crippen LogP contribution in [0.5, 0.6) is 0 Å². The summed E-state index contributed by atoms with van der Waals surface area (Å²) in [5, 5.41) is 2.70. The summed E-state index contributed by atoms with van der Waals surface area (Å²) in [4.78, 5) is 31.4. The second kappa shape index (κ2) is 9.94. The van der Waals surface area contributed by atoms with Crippen molar-refractivity contribution in [1.29, 1.82) is 0 Å². The molecule has 37 heavy (non-hydrogen) atoms. The Morgan fingerprint density at radius 3 is 2.27 bits per heavy atom. The molecule has 1 N–H and O–H groups in total. The Morgan fingerprint density at radius 2 is 1.70 bits per heavy atom. The van der Waals surface area contributed by atoms with Gasteiger partial charge < -0.3 is 10.2 Å². The van der Waals surface area contributed by atoms with Gasteiger partial charge in [-0.15, -0.1) is 0 Å². The lowest BCUT2D eigenvalue weighted by Crippen LogP contribution is -2.47. The van der Waals surface area contributed by atoms with E-state index in [4.69, 9.17) is 0 Å². The SMILES string of the molecule is CC[C@@H]1C[C@H](C(=O)NC(c2ccc(C(F)(F)F)cc2F)C2CC2)N(C(=O)c2cc(C(F)(F)F)ccn2)C1. The van der Waals surface area contributed by atoms with Gasteiger partial charge in [0.15, 0.2) is 0 Å². The van der Waals surface area contributed by atoms with Crippen molar-refractivity contribution < 1.29 is 40.3 Å². The summed E-state index contributed by atoms with van der Waals surface area (Å²) in [6.45, 7) is 1.97. The molecule has 1 saturated heterocycles. The topological polar surface area (TPSA) is 62.3 Å². The Kier molecular flexibility index (Phi) is 7.22. The number of nitrogens with one attached hydrogen (secondary N) is 1. The number of rotatable bonds is 6. The molecule has 12 heteroatoms. The Bertz CT molecular complexity index is 1180. The fourth-order valence-corrected chi connectivity index (χ4v) is 4.65. The Hall–Kier alpha value is -3.18. The van der Waals surface area contributed by atoms with Crippen molar-refractivity contribution in [2.45, 2.75) is 57.0 Å². The zero-order valence-corrected chi connectivity index (χ0v) is 19.7. The number of alkyl halides is 6. The number of hydrogen-bond acceptors (Lipinski definition) is 3. The lowest BCUT2D eigenvalue weighted by Gasteiger charge is -2.27. The predicted octanol–water partition coefficient (Wildman–Crippen LogP) is 5.77. The van der Waals surface area contributed by atoms with Crippen molar-refractivity contribution in [2.75, 3.05) is 6.54 Å². The average molecular weight is 531 g/mol. The molecule has 1 saturated carbocycles. The van der Waals surface area contributed by atoms with E-state index in [0.717, 1.165) is 24.4 Å². The predicted molar refractivity (Wildman–Crippen MR) is 117 cm³/mol. The zero-order chi connectivity index (χ0) is 27.1. The smallest absolute Gasteiger partial charge is 0.347 e. The molecule has 1 aromatic carbocycles. The minimum absolute atomic E-state index is 0.0914. The van der Waals surface area contributed by atoms with Crippen LogP contribution in [0.25, 0.3) is 0 Å². The maximum Gasteiger partial charge on any atom is 0.416 e. The van der Waals surface area contributed by atoms with E-state index < -0.39 is 58.9 Å². The van der Waals surface area contributed by atoms with Gasteiger partial charge >= 0.3 is 12.4 Å². The highest BCUT2D eigenvalue weighted by molar-refractivity contribution is 5.96. The minimum atomic E-state index is -4.73. The van der Waals surface area contributed by atoms with E-state index in [0.29, 0.717) is 31.4 Å². The number of carbonyl (C=O) groups is 2. The first-order chi connectivity index (χ1) is 17.3. The van der Waals surface area contributed by atoms with Gasteiger partial charge in [-0.05, 0) is 55.4 Å². The van der Waals surface area contributed by atoms with Gasteiger partial charge in [0.05, 0.1) is 17.2 Å². The lowest BCUT2D eigenvalue weighted by molar-refractivity contribution is -0.138. The van der Waals surface area contributed by atoms with Crippen LogP contribution in [0.1, 0.15) is 65.8 Å². The van der Waals surface area contributed by atoms with Crippen LogP contribution in [0, 0.1) is 17.7 Å². The van der Waals surface area contributed by atoms with Crippen molar-refractivity contribution in [3.8, 4) is 0 Å². The van der Waals surface area contributed by atoms with Gasteiger partial charge in [-0.25, -0.2) is 4.39 Å². The third-order valence-corrected chi connectivity index (χ3v) is 6.89. The molecule has 2 heterocycles. The normalized spacial score (nSPS) is 21.1. The third-order valence-electron chi connectivity index (χ3n) is 6.89. The van der Waals surface area contributed by atoms with Crippen LogP contribution in [0.4, 0.5) is 30.7 Å². The first-order valence-electron chi connectivity index (χ1n) is 11.8. The summed E-state index contributed by atoms with van der Waals surface area (Å²) in [6, 6.07) is 1.54. The molecule has 0 bridgehead atoms. The Balaban J connectivity index is 1.58. The van der Waals surface area contributed by atoms with Gasteiger partial charge in [-0.2, -0.15) is 26.3 Å². The molecule has 3 atom stereocenters. The van der Waals surface area contributed by atoms with Gasteiger partial charge in [0.25, 0.3) is 5.91 Å². The molecule has 200 valence electrons.